The molecule has 1 heterocycles. The van der Waals surface area contributed by atoms with Gasteiger partial charge in [-0.3, -0.25) is 0 Å². The zero-order chi connectivity index (χ0) is 14.8. The van der Waals surface area contributed by atoms with Crippen LogP contribution in [0.1, 0.15) is 50.2 Å². The van der Waals surface area contributed by atoms with E-state index in [1.165, 1.54) is 43.4 Å². The number of benzene rings is 1. The Labute approximate surface area is 132 Å². The van der Waals surface area contributed by atoms with Gasteiger partial charge in [0.2, 0.25) is 0 Å². The maximum absolute atomic E-state index is 10.1. The lowest BCUT2D eigenvalue weighted by molar-refractivity contribution is 0.337. The Bertz CT molecular complexity index is 500. The van der Waals surface area contributed by atoms with Crippen molar-refractivity contribution in [3.8, 4) is 11.5 Å². The van der Waals surface area contributed by atoms with Gasteiger partial charge in [0.15, 0.2) is 11.5 Å². The molecule has 3 heteroatoms. The van der Waals surface area contributed by atoms with Crippen LogP contribution >= 0.6 is 11.8 Å². The monoisotopic (exact) mass is 306 g/mol. The second-order valence-electron chi connectivity index (χ2n) is 6.67. The largest absolute Gasteiger partial charge is 0.504 e. The number of phenolic OH excluding ortho intramolecular Hbond substituents is 2. The van der Waals surface area contributed by atoms with E-state index in [9.17, 15) is 10.2 Å². The van der Waals surface area contributed by atoms with Crippen molar-refractivity contribution >= 4 is 11.8 Å². The van der Waals surface area contributed by atoms with Gasteiger partial charge in [0.05, 0.1) is 0 Å². The van der Waals surface area contributed by atoms with Gasteiger partial charge in [-0.05, 0) is 54.9 Å². The van der Waals surface area contributed by atoms with Crippen LogP contribution in [0.25, 0.3) is 0 Å². The van der Waals surface area contributed by atoms with E-state index in [1.807, 2.05) is 6.07 Å². The van der Waals surface area contributed by atoms with Gasteiger partial charge in [-0.25, -0.2) is 0 Å². The van der Waals surface area contributed by atoms with Crippen LogP contribution in [0.2, 0.25) is 0 Å². The Balaban J connectivity index is 1.76. The molecule has 0 aromatic heterocycles. The van der Waals surface area contributed by atoms with Crippen LogP contribution in [0.4, 0.5) is 0 Å². The first kappa shape index (κ1) is 15.1. The fraction of sp³-hybridized carbons (Fsp3) is 0.667. The van der Waals surface area contributed by atoms with Crippen molar-refractivity contribution in [3.05, 3.63) is 23.3 Å². The molecule has 0 amide bonds. The normalized spacial score (nSPS) is 29.1. The van der Waals surface area contributed by atoms with Crippen LogP contribution < -0.4 is 0 Å². The number of aromatic hydroxyl groups is 2. The molecule has 0 radical (unpaired) electrons. The second kappa shape index (κ2) is 6.51. The molecule has 0 spiro atoms. The molecule has 21 heavy (non-hydrogen) atoms. The molecule has 1 fully saturated rings. The molecule has 0 bridgehead atoms. The van der Waals surface area contributed by atoms with E-state index in [0.717, 1.165) is 30.2 Å². The predicted octanol–water partition coefficient (Wildman–Crippen LogP) is 4.51. The lowest BCUT2D eigenvalue weighted by Crippen LogP contribution is -2.30. The molecule has 3 atom stereocenters. The third-order valence-corrected chi connectivity index (χ3v) is 6.72. The summed E-state index contributed by atoms with van der Waals surface area (Å²) in [6.07, 6.45) is 8.71. The maximum atomic E-state index is 10.1. The van der Waals surface area contributed by atoms with E-state index in [1.54, 1.807) is 6.07 Å². The van der Waals surface area contributed by atoms with Gasteiger partial charge in [0, 0.05) is 10.8 Å². The molecule has 1 aliphatic carbocycles. The SMILES string of the molecule is CCCC1CCS[C@@H]2Cc3c(ccc(O)c3O)C[C@H]2CC1. The summed E-state index contributed by atoms with van der Waals surface area (Å²) < 4.78 is 0. The molecule has 1 aromatic rings. The molecule has 0 saturated carbocycles. The molecular weight excluding hydrogens is 280 g/mol. The zero-order valence-corrected chi connectivity index (χ0v) is 13.7. The Kier molecular flexibility index (Phi) is 4.68. The molecule has 2 N–H and O–H groups in total. The zero-order valence-electron chi connectivity index (χ0n) is 12.8. The van der Waals surface area contributed by atoms with Crippen molar-refractivity contribution in [1.29, 1.82) is 0 Å². The van der Waals surface area contributed by atoms with Crippen LogP contribution in [0, 0.1) is 11.8 Å². The Hall–Kier alpha value is -0.830. The van der Waals surface area contributed by atoms with Gasteiger partial charge in [0.1, 0.15) is 0 Å². The minimum atomic E-state index is 0.0334. The van der Waals surface area contributed by atoms with Crippen LogP contribution in [-0.4, -0.2) is 21.2 Å². The number of thioether (sulfide) groups is 1. The summed E-state index contributed by atoms with van der Waals surface area (Å²) in [5, 5.41) is 20.4. The highest BCUT2D eigenvalue weighted by Crippen LogP contribution is 2.44. The molecule has 3 rings (SSSR count). The van der Waals surface area contributed by atoms with Crippen molar-refractivity contribution in [2.75, 3.05) is 5.75 Å². The summed E-state index contributed by atoms with van der Waals surface area (Å²) in [5.41, 5.74) is 2.24. The fourth-order valence-electron chi connectivity index (χ4n) is 4.03. The fourth-order valence-corrected chi connectivity index (χ4v) is 5.59. The average Bonchev–Trinajstić information content (AvgIpc) is 2.46. The number of hydrogen-bond acceptors (Lipinski definition) is 3. The summed E-state index contributed by atoms with van der Waals surface area (Å²) in [4.78, 5) is 0. The minimum absolute atomic E-state index is 0.0334. The van der Waals surface area contributed by atoms with Crippen molar-refractivity contribution in [3.63, 3.8) is 0 Å². The van der Waals surface area contributed by atoms with Crippen LogP contribution in [0.15, 0.2) is 12.1 Å². The summed E-state index contributed by atoms with van der Waals surface area (Å²) in [6.45, 7) is 2.29. The Morgan fingerprint density at radius 2 is 2.00 bits per heavy atom. The summed E-state index contributed by atoms with van der Waals surface area (Å²) >= 11 is 2.10. The van der Waals surface area contributed by atoms with E-state index >= 15 is 0 Å². The molecule has 1 aromatic carbocycles. The first-order valence-corrected chi connectivity index (χ1v) is 9.38. The van der Waals surface area contributed by atoms with Crippen LogP contribution in [0.5, 0.6) is 11.5 Å². The van der Waals surface area contributed by atoms with Crippen LogP contribution in [0.3, 0.4) is 0 Å². The van der Waals surface area contributed by atoms with E-state index in [4.69, 9.17) is 0 Å². The van der Waals surface area contributed by atoms with Gasteiger partial charge in [-0.15, -0.1) is 0 Å². The quantitative estimate of drug-likeness (QED) is 0.790. The predicted molar refractivity (Wildman–Crippen MR) is 89.2 cm³/mol. The number of phenols is 2. The minimum Gasteiger partial charge on any atom is -0.504 e. The smallest absolute Gasteiger partial charge is 0.160 e. The highest BCUT2D eigenvalue weighted by molar-refractivity contribution is 7.99. The van der Waals surface area contributed by atoms with Gasteiger partial charge < -0.3 is 10.2 Å². The molecule has 1 aliphatic heterocycles. The Morgan fingerprint density at radius 3 is 2.81 bits per heavy atom. The summed E-state index contributed by atoms with van der Waals surface area (Å²) in [5.74, 6) is 3.06. The van der Waals surface area contributed by atoms with Crippen molar-refractivity contribution in [2.24, 2.45) is 11.8 Å². The average molecular weight is 306 g/mol. The van der Waals surface area contributed by atoms with Gasteiger partial charge in [0.25, 0.3) is 0 Å². The highest BCUT2D eigenvalue weighted by Gasteiger charge is 2.32. The third kappa shape index (κ3) is 3.18. The first-order valence-electron chi connectivity index (χ1n) is 8.33. The lowest BCUT2D eigenvalue weighted by atomic mass is 9.78. The topological polar surface area (TPSA) is 40.5 Å². The summed E-state index contributed by atoms with van der Waals surface area (Å²) in [6, 6.07) is 3.65. The van der Waals surface area contributed by atoms with Gasteiger partial charge >= 0.3 is 0 Å². The maximum Gasteiger partial charge on any atom is 0.160 e. The van der Waals surface area contributed by atoms with E-state index < -0.39 is 0 Å². The third-order valence-electron chi connectivity index (χ3n) is 5.27. The second-order valence-corrected chi connectivity index (χ2v) is 8.02. The molecule has 116 valence electrons. The molecule has 2 nitrogen and oxygen atoms in total. The first-order chi connectivity index (χ1) is 10.2. The summed E-state index contributed by atoms with van der Waals surface area (Å²) in [7, 11) is 0. The number of hydrogen-bond donors (Lipinski definition) is 2. The molecule has 1 saturated heterocycles. The molecular formula is C18H26O2S. The lowest BCUT2D eigenvalue weighted by Gasteiger charge is -2.36. The van der Waals surface area contributed by atoms with E-state index in [2.05, 4.69) is 18.7 Å². The Morgan fingerprint density at radius 1 is 1.14 bits per heavy atom. The highest BCUT2D eigenvalue weighted by atomic mass is 32.2. The number of rotatable bonds is 2. The molecule has 2 aliphatic rings. The van der Waals surface area contributed by atoms with Crippen molar-refractivity contribution in [1.82, 2.24) is 0 Å². The van der Waals surface area contributed by atoms with Gasteiger partial charge in [-0.1, -0.05) is 32.3 Å². The van der Waals surface area contributed by atoms with Crippen molar-refractivity contribution in [2.45, 2.75) is 57.1 Å². The standard InChI is InChI=1S/C18H26O2S/c1-2-3-12-4-5-14-10-13-6-7-16(19)18(20)15(13)11-17(14)21-9-8-12/h6-7,12,14,17,19-20H,2-5,8-11H2,1H3/t12?,14-,17-/m1/s1. The van der Waals surface area contributed by atoms with E-state index in [-0.39, 0.29) is 11.5 Å². The van der Waals surface area contributed by atoms with Gasteiger partial charge in [-0.2, -0.15) is 11.8 Å². The van der Waals surface area contributed by atoms with Crippen molar-refractivity contribution < 1.29 is 10.2 Å². The van der Waals surface area contributed by atoms with Crippen LogP contribution in [-0.2, 0) is 12.8 Å². The number of fused-ring (bicyclic) bond motifs is 2. The molecule has 1 unspecified atom stereocenters. The van der Waals surface area contributed by atoms with E-state index in [0.29, 0.717) is 5.25 Å².